The maximum absolute atomic E-state index is 13.7. The Morgan fingerprint density at radius 3 is 2.25 bits per heavy atom. The van der Waals surface area contributed by atoms with E-state index in [1.807, 2.05) is 25.1 Å². The third-order valence-corrected chi connectivity index (χ3v) is 7.22. The summed E-state index contributed by atoms with van der Waals surface area (Å²) in [5.74, 6) is -0.429. The van der Waals surface area contributed by atoms with Gasteiger partial charge in [0, 0.05) is 36.6 Å². The second-order valence-corrected chi connectivity index (χ2v) is 10.7. The fourth-order valence-corrected chi connectivity index (χ4v) is 4.65. The normalized spacial score (nSPS) is 17.3. The van der Waals surface area contributed by atoms with Crippen molar-refractivity contribution in [1.82, 2.24) is 9.80 Å². The Morgan fingerprint density at radius 2 is 1.61 bits per heavy atom. The van der Waals surface area contributed by atoms with Crippen LogP contribution in [0.3, 0.4) is 0 Å². The molecule has 1 aliphatic heterocycles. The van der Waals surface area contributed by atoms with Gasteiger partial charge in [-0.25, -0.2) is 9.59 Å². The summed E-state index contributed by atoms with van der Waals surface area (Å²) in [5.41, 5.74) is 0.289. The molecule has 0 saturated carbocycles. The number of nitrogens with one attached hydrogen (secondary N) is 3. The molecule has 5 amide bonds. The minimum Gasteiger partial charge on any atom is -0.487 e. The zero-order chi connectivity index (χ0) is 32.0. The number of fused-ring (bicyclic) bond motifs is 1. The number of alkyl halides is 3. The van der Waals surface area contributed by atoms with Gasteiger partial charge in [0.1, 0.15) is 11.9 Å². The van der Waals surface area contributed by atoms with Crippen molar-refractivity contribution >= 4 is 35.0 Å². The molecule has 1 aliphatic rings. The fourth-order valence-electron chi connectivity index (χ4n) is 4.65. The molecule has 0 spiro atoms. The number of anilines is 3. The number of benzene rings is 3. The first kappa shape index (κ1) is 32.1. The van der Waals surface area contributed by atoms with Crippen LogP contribution in [-0.4, -0.2) is 71.8 Å². The molecule has 3 atom stereocenters. The lowest BCUT2D eigenvalue weighted by Crippen LogP contribution is -2.50. The van der Waals surface area contributed by atoms with E-state index in [4.69, 9.17) is 4.74 Å². The summed E-state index contributed by atoms with van der Waals surface area (Å²) in [6.45, 7) is 3.73. The lowest BCUT2D eigenvalue weighted by Gasteiger charge is -2.38. The van der Waals surface area contributed by atoms with E-state index in [1.54, 1.807) is 26.1 Å². The molecule has 0 saturated heterocycles. The maximum Gasteiger partial charge on any atom is 0.416 e. The molecule has 3 aromatic rings. The summed E-state index contributed by atoms with van der Waals surface area (Å²) < 4.78 is 44.8. The summed E-state index contributed by atoms with van der Waals surface area (Å²) in [5, 5.41) is 17.8. The smallest absolute Gasteiger partial charge is 0.416 e. The average Bonchev–Trinajstić information content (AvgIpc) is 2.99. The number of ether oxygens (including phenoxy) is 1. The SMILES string of the molecule is C[C@@H]1CN([C@@H](C)CO)C(=O)c2cc(NC(=O)Nc3ccc(C(F)(F)F)cc3)ccc2O[C@H]1CN(C)C(=O)Nc1ccccc1. The van der Waals surface area contributed by atoms with E-state index in [0.29, 0.717) is 5.69 Å². The van der Waals surface area contributed by atoms with Gasteiger partial charge in [-0.2, -0.15) is 13.2 Å². The Bertz CT molecular complexity index is 1470. The first-order valence-electron chi connectivity index (χ1n) is 13.9. The van der Waals surface area contributed by atoms with E-state index < -0.39 is 35.8 Å². The van der Waals surface area contributed by atoms with Crippen LogP contribution in [0.1, 0.15) is 29.8 Å². The molecule has 0 bridgehead atoms. The molecular weight excluding hydrogens is 579 g/mol. The van der Waals surface area contributed by atoms with Crippen molar-refractivity contribution in [1.29, 1.82) is 0 Å². The first-order valence-corrected chi connectivity index (χ1v) is 13.9. The van der Waals surface area contributed by atoms with Crippen molar-refractivity contribution in [2.75, 3.05) is 42.7 Å². The molecule has 10 nitrogen and oxygen atoms in total. The number of amides is 5. The number of rotatable bonds is 7. The highest BCUT2D eigenvalue weighted by Gasteiger charge is 2.34. The average molecular weight is 614 g/mol. The number of halogens is 3. The molecule has 0 aliphatic carbocycles. The number of likely N-dealkylation sites (N-methyl/N-ethyl adjacent to an activating group) is 1. The van der Waals surface area contributed by atoms with E-state index in [2.05, 4.69) is 16.0 Å². The number of carbonyl (C=O) groups excluding carboxylic acids is 3. The largest absolute Gasteiger partial charge is 0.487 e. The zero-order valence-electron chi connectivity index (χ0n) is 24.4. The predicted molar refractivity (Wildman–Crippen MR) is 160 cm³/mol. The number of para-hydroxylation sites is 1. The monoisotopic (exact) mass is 613 g/mol. The summed E-state index contributed by atoms with van der Waals surface area (Å²) in [6.07, 6.45) is -5.04. The van der Waals surface area contributed by atoms with Gasteiger partial charge >= 0.3 is 18.2 Å². The fraction of sp³-hybridized carbons (Fsp3) is 0.323. The quantitative estimate of drug-likeness (QED) is 0.271. The molecule has 0 aromatic heterocycles. The van der Waals surface area contributed by atoms with E-state index in [0.717, 1.165) is 24.3 Å². The van der Waals surface area contributed by atoms with Gasteiger partial charge in [-0.05, 0) is 61.5 Å². The molecule has 44 heavy (non-hydrogen) atoms. The van der Waals surface area contributed by atoms with Crippen LogP contribution in [0.25, 0.3) is 0 Å². The second-order valence-electron chi connectivity index (χ2n) is 10.7. The van der Waals surface area contributed by atoms with Gasteiger partial charge in [-0.1, -0.05) is 25.1 Å². The van der Waals surface area contributed by atoms with E-state index >= 15 is 0 Å². The number of nitrogens with zero attached hydrogens (tertiary/aromatic N) is 2. The lowest BCUT2D eigenvalue weighted by molar-refractivity contribution is -0.137. The van der Waals surface area contributed by atoms with Gasteiger partial charge in [0.2, 0.25) is 0 Å². The van der Waals surface area contributed by atoms with Crippen LogP contribution < -0.4 is 20.7 Å². The van der Waals surface area contributed by atoms with Crippen molar-refractivity contribution in [3.8, 4) is 5.75 Å². The Balaban J connectivity index is 1.53. The van der Waals surface area contributed by atoms with Crippen molar-refractivity contribution in [3.05, 3.63) is 83.9 Å². The maximum atomic E-state index is 13.7. The van der Waals surface area contributed by atoms with Crippen LogP contribution in [-0.2, 0) is 6.18 Å². The molecular formula is C31H34F3N5O5. The zero-order valence-corrected chi connectivity index (χ0v) is 24.4. The molecule has 4 rings (SSSR count). The summed E-state index contributed by atoms with van der Waals surface area (Å²) in [6, 6.07) is 15.8. The Labute approximate surface area is 252 Å². The molecule has 13 heteroatoms. The minimum absolute atomic E-state index is 0.130. The standard InChI is InChI=1S/C31H34F3N5O5/c1-19-16-39(20(2)18-40)28(41)25-15-24(36-29(42)35-23-11-9-21(10-12-23)31(32,33)34)13-14-26(25)44-27(19)17-38(3)30(43)37-22-7-5-4-6-8-22/h4-15,19-20,27,40H,16-18H2,1-3H3,(H,37,43)(H2,35,36,42)/t19-,20+,27+/m1/s1. The minimum atomic E-state index is -4.50. The Kier molecular flexibility index (Phi) is 9.99. The van der Waals surface area contributed by atoms with Gasteiger partial charge in [0.15, 0.2) is 0 Å². The highest BCUT2D eigenvalue weighted by Crippen LogP contribution is 2.32. The Morgan fingerprint density at radius 1 is 1.00 bits per heavy atom. The molecule has 0 fully saturated rings. The number of aliphatic hydroxyl groups excluding tert-OH is 1. The number of carbonyl (C=O) groups is 3. The van der Waals surface area contributed by atoms with E-state index in [-0.39, 0.29) is 54.3 Å². The molecule has 0 unspecified atom stereocenters. The van der Waals surface area contributed by atoms with Crippen molar-refractivity contribution in [2.45, 2.75) is 32.2 Å². The van der Waals surface area contributed by atoms with Gasteiger partial charge in [0.25, 0.3) is 5.91 Å². The third kappa shape index (κ3) is 7.98. The third-order valence-electron chi connectivity index (χ3n) is 7.22. The highest BCUT2D eigenvalue weighted by atomic mass is 19.4. The molecule has 234 valence electrons. The topological polar surface area (TPSA) is 123 Å². The summed E-state index contributed by atoms with van der Waals surface area (Å²) >= 11 is 0. The van der Waals surface area contributed by atoms with Crippen LogP contribution in [0.15, 0.2) is 72.8 Å². The van der Waals surface area contributed by atoms with Crippen LogP contribution in [0.2, 0.25) is 0 Å². The van der Waals surface area contributed by atoms with Crippen molar-refractivity contribution in [2.24, 2.45) is 5.92 Å². The lowest BCUT2D eigenvalue weighted by atomic mass is 9.99. The van der Waals surface area contributed by atoms with E-state index in [1.165, 1.54) is 28.0 Å². The highest BCUT2D eigenvalue weighted by molar-refractivity contribution is 6.02. The van der Waals surface area contributed by atoms with Crippen LogP contribution >= 0.6 is 0 Å². The van der Waals surface area contributed by atoms with Crippen LogP contribution in [0, 0.1) is 5.92 Å². The molecule has 0 radical (unpaired) electrons. The number of hydrogen-bond acceptors (Lipinski definition) is 5. The molecule has 4 N–H and O–H groups in total. The van der Waals surface area contributed by atoms with Crippen molar-refractivity contribution in [3.63, 3.8) is 0 Å². The number of aliphatic hydroxyl groups is 1. The van der Waals surface area contributed by atoms with Crippen LogP contribution in [0.4, 0.5) is 39.8 Å². The van der Waals surface area contributed by atoms with E-state index in [9.17, 15) is 32.7 Å². The van der Waals surface area contributed by atoms with Gasteiger partial charge < -0.3 is 35.6 Å². The summed E-state index contributed by atoms with van der Waals surface area (Å²) in [7, 11) is 1.63. The first-order chi connectivity index (χ1) is 20.8. The van der Waals surface area contributed by atoms with Gasteiger partial charge in [-0.15, -0.1) is 0 Å². The van der Waals surface area contributed by atoms with Crippen molar-refractivity contribution < 1.29 is 37.4 Å². The Hall–Kier alpha value is -4.78. The second kappa shape index (κ2) is 13.7. The van der Waals surface area contributed by atoms with Gasteiger partial charge in [-0.3, -0.25) is 4.79 Å². The summed E-state index contributed by atoms with van der Waals surface area (Å²) in [4.78, 5) is 42.2. The van der Waals surface area contributed by atoms with Gasteiger partial charge in [0.05, 0.1) is 30.3 Å². The number of hydrogen-bond donors (Lipinski definition) is 4. The predicted octanol–water partition coefficient (Wildman–Crippen LogP) is 5.73. The number of urea groups is 2. The molecule has 3 aromatic carbocycles. The van der Waals surface area contributed by atoms with Crippen LogP contribution in [0.5, 0.6) is 5.75 Å². The molecule has 1 heterocycles.